The van der Waals surface area contributed by atoms with Crippen molar-refractivity contribution in [1.82, 2.24) is 9.97 Å². The number of rotatable bonds is 1. The molecule has 0 aliphatic rings. The minimum atomic E-state index is 0.494. The van der Waals surface area contributed by atoms with E-state index >= 15 is 0 Å². The highest BCUT2D eigenvalue weighted by atomic mass is 15.0. The van der Waals surface area contributed by atoms with Crippen LogP contribution in [0.15, 0.2) is 36.8 Å². The van der Waals surface area contributed by atoms with Gasteiger partial charge < -0.3 is 5.73 Å². The molecule has 0 atom stereocenters. The molecule has 0 unspecified atom stereocenters. The smallest absolute Gasteiger partial charge is 0.271 e. The standard InChI is InChI=1S/C10H11N4/c1-8-12-7-9(10(11)13-8)14-5-3-2-4-6-14/h2-7H,1H3,(H2,11,12,13)/q+1. The molecule has 2 heterocycles. The lowest BCUT2D eigenvalue weighted by atomic mass is 10.4. The van der Waals surface area contributed by atoms with Crippen LogP contribution in [0.4, 0.5) is 5.82 Å². The first-order chi connectivity index (χ1) is 6.77. The molecule has 0 aliphatic heterocycles. The first-order valence-corrected chi connectivity index (χ1v) is 4.33. The molecular formula is C10H11N4+. The topological polar surface area (TPSA) is 55.7 Å². The van der Waals surface area contributed by atoms with Crippen molar-refractivity contribution in [3.05, 3.63) is 42.6 Å². The van der Waals surface area contributed by atoms with Crippen molar-refractivity contribution >= 4 is 5.82 Å². The fourth-order valence-electron chi connectivity index (χ4n) is 1.24. The van der Waals surface area contributed by atoms with Crippen molar-refractivity contribution in [2.24, 2.45) is 0 Å². The second kappa shape index (κ2) is 3.41. The minimum Gasteiger partial charge on any atom is -0.378 e. The fourth-order valence-corrected chi connectivity index (χ4v) is 1.24. The summed E-state index contributed by atoms with van der Waals surface area (Å²) in [5, 5.41) is 0. The number of pyridine rings is 1. The zero-order chi connectivity index (χ0) is 9.97. The Morgan fingerprint density at radius 3 is 2.57 bits per heavy atom. The van der Waals surface area contributed by atoms with Crippen LogP contribution in [0.2, 0.25) is 0 Å². The van der Waals surface area contributed by atoms with Crippen LogP contribution in [0, 0.1) is 6.92 Å². The van der Waals surface area contributed by atoms with Crippen LogP contribution in [0.25, 0.3) is 5.69 Å². The number of aromatic nitrogens is 3. The maximum atomic E-state index is 5.78. The van der Waals surface area contributed by atoms with Gasteiger partial charge in [-0.15, -0.1) is 0 Å². The van der Waals surface area contributed by atoms with Crippen LogP contribution in [0.3, 0.4) is 0 Å². The molecule has 0 saturated carbocycles. The highest BCUT2D eigenvalue weighted by molar-refractivity contribution is 5.43. The van der Waals surface area contributed by atoms with Crippen LogP contribution in [0.5, 0.6) is 0 Å². The summed E-state index contributed by atoms with van der Waals surface area (Å²) in [7, 11) is 0. The van der Waals surface area contributed by atoms with E-state index in [1.165, 1.54) is 0 Å². The number of aryl methyl sites for hydroxylation is 1. The third kappa shape index (κ3) is 1.54. The van der Waals surface area contributed by atoms with Gasteiger partial charge in [0.25, 0.3) is 5.69 Å². The predicted octanol–water partition coefficient (Wildman–Crippen LogP) is 0.644. The predicted molar refractivity (Wildman–Crippen MR) is 52.7 cm³/mol. The fraction of sp³-hybridized carbons (Fsp3) is 0.100. The molecule has 2 rings (SSSR count). The quantitative estimate of drug-likeness (QED) is 0.667. The molecule has 0 bridgehead atoms. The van der Waals surface area contributed by atoms with Gasteiger partial charge in [0.05, 0.1) is 0 Å². The summed E-state index contributed by atoms with van der Waals surface area (Å²) < 4.78 is 1.88. The lowest BCUT2D eigenvalue weighted by molar-refractivity contribution is -0.595. The summed E-state index contributed by atoms with van der Waals surface area (Å²) >= 11 is 0. The highest BCUT2D eigenvalue weighted by Crippen LogP contribution is 2.05. The summed E-state index contributed by atoms with van der Waals surface area (Å²) in [6, 6.07) is 5.81. The second-order valence-electron chi connectivity index (χ2n) is 2.97. The molecule has 0 saturated heterocycles. The van der Waals surface area contributed by atoms with Gasteiger partial charge in [-0.1, -0.05) is 6.07 Å². The summed E-state index contributed by atoms with van der Waals surface area (Å²) in [4.78, 5) is 8.20. The van der Waals surface area contributed by atoms with Crippen LogP contribution < -0.4 is 10.3 Å². The lowest BCUT2D eigenvalue weighted by Crippen LogP contribution is -2.31. The van der Waals surface area contributed by atoms with Crippen molar-refractivity contribution < 1.29 is 4.57 Å². The van der Waals surface area contributed by atoms with Crippen molar-refractivity contribution in [2.45, 2.75) is 6.92 Å². The summed E-state index contributed by atoms with van der Waals surface area (Å²) in [6.45, 7) is 1.82. The Bertz CT molecular complexity index is 439. The van der Waals surface area contributed by atoms with E-state index in [9.17, 15) is 0 Å². The Morgan fingerprint density at radius 1 is 1.21 bits per heavy atom. The Balaban J connectivity index is 2.53. The second-order valence-corrected chi connectivity index (χ2v) is 2.97. The van der Waals surface area contributed by atoms with Crippen LogP contribution in [-0.4, -0.2) is 9.97 Å². The minimum absolute atomic E-state index is 0.494. The Hall–Kier alpha value is -1.97. The molecule has 0 aromatic carbocycles. The molecule has 0 fully saturated rings. The number of anilines is 1. The Kier molecular flexibility index (Phi) is 2.10. The summed E-state index contributed by atoms with van der Waals surface area (Å²) in [6.07, 6.45) is 5.53. The number of hydrogen-bond acceptors (Lipinski definition) is 3. The van der Waals surface area contributed by atoms with E-state index in [1.54, 1.807) is 6.20 Å². The van der Waals surface area contributed by atoms with Gasteiger partial charge in [0.1, 0.15) is 12.0 Å². The summed E-state index contributed by atoms with van der Waals surface area (Å²) in [5.74, 6) is 1.18. The maximum Gasteiger partial charge on any atom is 0.271 e. The first kappa shape index (κ1) is 8.62. The number of nitrogens with zero attached hydrogens (tertiary/aromatic N) is 3. The van der Waals surface area contributed by atoms with Gasteiger partial charge in [-0.25, -0.2) is 9.97 Å². The Labute approximate surface area is 82.1 Å². The maximum absolute atomic E-state index is 5.78. The lowest BCUT2D eigenvalue weighted by Gasteiger charge is -1.98. The largest absolute Gasteiger partial charge is 0.378 e. The molecular weight excluding hydrogens is 176 g/mol. The van der Waals surface area contributed by atoms with Crippen molar-refractivity contribution in [3.63, 3.8) is 0 Å². The average Bonchev–Trinajstić information content (AvgIpc) is 2.19. The molecule has 0 spiro atoms. The van der Waals surface area contributed by atoms with Gasteiger partial charge in [-0.05, 0) is 6.92 Å². The summed E-state index contributed by atoms with van der Waals surface area (Å²) in [5.41, 5.74) is 6.58. The van der Waals surface area contributed by atoms with Gasteiger partial charge in [-0.3, -0.25) is 0 Å². The highest BCUT2D eigenvalue weighted by Gasteiger charge is 2.10. The van der Waals surface area contributed by atoms with Crippen LogP contribution >= 0.6 is 0 Å². The third-order valence-corrected chi connectivity index (χ3v) is 1.91. The van der Waals surface area contributed by atoms with Crippen molar-refractivity contribution in [3.8, 4) is 5.69 Å². The van der Waals surface area contributed by atoms with Gasteiger partial charge in [0.15, 0.2) is 12.4 Å². The number of nitrogen functional groups attached to an aromatic ring is 1. The van der Waals surface area contributed by atoms with Crippen molar-refractivity contribution in [1.29, 1.82) is 0 Å². The third-order valence-electron chi connectivity index (χ3n) is 1.91. The number of hydrogen-bond donors (Lipinski definition) is 1. The monoisotopic (exact) mass is 187 g/mol. The van der Waals surface area contributed by atoms with E-state index in [2.05, 4.69) is 9.97 Å². The van der Waals surface area contributed by atoms with Crippen molar-refractivity contribution in [2.75, 3.05) is 5.73 Å². The molecule has 2 aromatic rings. The van der Waals surface area contributed by atoms with E-state index in [0.29, 0.717) is 11.6 Å². The molecule has 0 amide bonds. The Morgan fingerprint density at radius 2 is 1.93 bits per heavy atom. The molecule has 0 radical (unpaired) electrons. The van der Waals surface area contributed by atoms with E-state index < -0.39 is 0 Å². The zero-order valence-corrected chi connectivity index (χ0v) is 7.88. The first-order valence-electron chi connectivity index (χ1n) is 4.33. The number of nitrogens with two attached hydrogens (primary N) is 1. The van der Waals surface area contributed by atoms with E-state index in [1.807, 2.05) is 42.1 Å². The molecule has 0 aliphatic carbocycles. The molecule has 14 heavy (non-hydrogen) atoms. The average molecular weight is 187 g/mol. The van der Waals surface area contributed by atoms with Gasteiger partial charge in [0, 0.05) is 12.1 Å². The SMILES string of the molecule is Cc1ncc(-[n+]2ccccc2)c(N)n1. The van der Waals surface area contributed by atoms with Crippen LogP contribution in [0.1, 0.15) is 5.82 Å². The van der Waals surface area contributed by atoms with Gasteiger partial charge in [0.2, 0.25) is 5.82 Å². The molecule has 70 valence electrons. The molecule has 2 N–H and O–H groups in total. The van der Waals surface area contributed by atoms with Gasteiger partial charge in [-0.2, -0.15) is 4.57 Å². The van der Waals surface area contributed by atoms with E-state index in [0.717, 1.165) is 5.69 Å². The van der Waals surface area contributed by atoms with Gasteiger partial charge >= 0.3 is 0 Å². The molecule has 4 nitrogen and oxygen atoms in total. The zero-order valence-electron chi connectivity index (χ0n) is 7.88. The van der Waals surface area contributed by atoms with E-state index in [-0.39, 0.29) is 0 Å². The van der Waals surface area contributed by atoms with E-state index in [4.69, 9.17) is 5.73 Å². The molecule has 2 aromatic heterocycles. The van der Waals surface area contributed by atoms with Crippen LogP contribution in [-0.2, 0) is 0 Å². The molecule has 4 heteroatoms. The normalized spacial score (nSPS) is 10.1.